The molecule has 7 nitrogen and oxygen atoms in total. The van der Waals surface area contributed by atoms with Gasteiger partial charge in [-0.25, -0.2) is 0 Å². The van der Waals surface area contributed by atoms with Crippen molar-refractivity contribution in [2.45, 2.75) is 25.8 Å². The summed E-state index contributed by atoms with van der Waals surface area (Å²) in [5.41, 5.74) is 6.30. The molecule has 2 heterocycles. The lowest BCUT2D eigenvalue weighted by Crippen LogP contribution is -2.32. The summed E-state index contributed by atoms with van der Waals surface area (Å²) in [6.45, 7) is 2.84. The van der Waals surface area contributed by atoms with Crippen LogP contribution in [0.4, 0.5) is 0 Å². The van der Waals surface area contributed by atoms with Crippen molar-refractivity contribution < 1.29 is 19.0 Å². The molecule has 0 atom stereocenters. The van der Waals surface area contributed by atoms with Gasteiger partial charge in [0.05, 0.1) is 32.4 Å². The van der Waals surface area contributed by atoms with Gasteiger partial charge in [-0.3, -0.25) is 14.5 Å². The van der Waals surface area contributed by atoms with Crippen molar-refractivity contribution in [1.82, 2.24) is 9.88 Å². The van der Waals surface area contributed by atoms with Crippen LogP contribution in [0.1, 0.15) is 32.6 Å². The van der Waals surface area contributed by atoms with E-state index in [1.165, 1.54) is 16.7 Å². The van der Waals surface area contributed by atoms with Gasteiger partial charge in [-0.05, 0) is 71.5 Å². The highest BCUT2D eigenvalue weighted by atomic mass is 16.5. The molecule has 214 valence electrons. The van der Waals surface area contributed by atoms with Crippen molar-refractivity contribution in [2.24, 2.45) is 0 Å². The monoisotopic (exact) mass is 562 g/mol. The highest BCUT2D eigenvalue weighted by Crippen LogP contribution is 2.33. The summed E-state index contributed by atoms with van der Waals surface area (Å²) in [4.78, 5) is 32.5. The Bertz CT molecular complexity index is 1840. The number of carbonyl (C=O) groups is 1. The number of ketones is 1. The first kappa shape index (κ1) is 27.5. The predicted octanol–water partition coefficient (Wildman–Crippen LogP) is 5.73. The quantitative estimate of drug-likeness (QED) is 0.183. The van der Waals surface area contributed by atoms with Crippen LogP contribution in [0.25, 0.3) is 21.8 Å². The zero-order valence-corrected chi connectivity index (χ0v) is 24.2. The van der Waals surface area contributed by atoms with Gasteiger partial charge < -0.3 is 19.2 Å². The summed E-state index contributed by atoms with van der Waals surface area (Å²) in [6.07, 6.45) is 2.16. The van der Waals surface area contributed by atoms with Crippen molar-refractivity contribution in [3.05, 3.63) is 111 Å². The second-order valence-corrected chi connectivity index (χ2v) is 10.7. The van der Waals surface area contributed by atoms with E-state index in [1.807, 2.05) is 12.1 Å². The van der Waals surface area contributed by atoms with Gasteiger partial charge in [-0.1, -0.05) is 36.4 Å². The van der Waals surface area contributed by atoms with Gasteiger partial charge in [0.1, 0.15) is 5.75 Å². The molecule has 1 aromatic heterocycles. The Balaban J connectivity index is 1.14. The lowest BCUT2D eigenvalue weighted by atomic mass is 9.97. The van der Waals surface area contributed by atoms with Crippen LogP contribution in [0, 0.1) is 0 Å². The van der Waals surface area contributed by atoms with E-state index in [0.717, 1.165) is 49.5 Å². The molecular formula is C35H34N2O5. The molecule has 0 bridgehead atoms. The van der Waals surface area contributed by atoms with Gasteiger partial charge in [0.25, 0.3) is 0 Å². The number of carbonyl (C=O) groups excluding carboxylic acids is 1. The number of Topliss-reactive ketones (excluding diaryl/α,β-unsaturated/α-hetero) is 1. The minimum Gasteiger partial charge on any atom is -0.495 e. The van der Waals surface area contributed by atoms with E-state index in [1.54, 1.807) is 57.7 Å². The van der Waals surface area contributed by atoms with E-state index in [2.05, 4.69) is 34.1 Å². The number of rotatable bonds is 9. The molecule has 1 aliphatic rings. The number of aromatic nitrogens is 1. The molecule has 0 unspecified atom stereocenters. The number of para-hydroxylation sites is 2. The van der Waals surface area contributed by atoms with Gasteiger partial charge >= 0.3 is 0 Å². The van der Waals surface area contributed by atoms with Crippen LogP contribution in [0.2, 0.25) is 0 Å². The molecule has 0 radical (unpaired) electrons. The van der Waals surface area contributed by atoms with E-state index in [0.29, 0.717) is 33.1 Å². The highest BCUT2D eigenvalue weighted by Gasteiger charge is 2.20. The number of aromatic amines is 1. The van der Waals surface area contributed by atoms with Gasteiger partial charge in [-0.15, -0.1) is 0 Å². The molecule has 0 aliphatic carbocycles. The summed E-state index contributed by atoms with van der Waals surface area (Å²) in [6, 6.07) is 23.1. The molecule has 0 saturated heterocycles. The lowest BCUT2D eigenvalue weighted by molar-refractivity contribution is 0.0994. The number of pyridine rings is 1. The molecule has 0 amide bonds. The topological polar surface area (TPSA) is 80.9 Å². The maximum atomic E-state index is 13.5. The Morgan fingerprint density at radius 3 is 2.14 bits per heavy atom. The van der Waals surface area contributed by atoms with Crippen molar-refractivity contribution >= 4 is 27.6 Å². The van der Waals surface area contributed by atoms with Crippen LogP contribution in [-0.2, 0) is 25.8 Å². The number of nitrogens with one attached hydrogen (secondary N) is 1. The van der Waals surface area contributed by atoms with Crippen LogP contribution in [-0.4, -0.2) is 50.1 Å². The number of fused-ring (bicyclic) bond motifs is 3. The Hall–Kier alpha value is -4.62. The van der Waals surface area contributed by atoms with Gasteiger partial charge in [0.15, 0.2) is 22.7 Å². The fourth-order valence-corrected chi connectivity index (χ4v) is 5.92. The molecule has 1 N–H and O–H groups in total. The van der Waals surface area contributed by atoms with Crippen LogP contribution in [0.3, 0.4) is 0 Å². The molecule has 0 saturated carbocycles. The fraction of sp³-hybridized carbons (Fsp3) is 0.257. The highest BCUT2D eigenvalue weighted by molar-refractivity contribution is 6.09. The maximum absolute atomic E-state index is 13.5. The molecule has 42 heavy (non-hydrogen) atoms. The minimum atomic E-state index is -0.118. The minimum absolute atomic E-state index is 0.0442. The maximum Gasteiger partial charge on any atom is 0.197 e. The fourth-order valence-electron chi connectivity index (χ4n) is 5.92. The average molecular weight is 563 g/mol. The SMILES string of the molecule is COc1cc2c(cc1OC)CN(CCc1ccc(CC(=O)c3cccc4c(=O)c5cccc(OC)c5[nH]c34)cc1)CC2. The molecular weight excluding hydrogens is 528 g/mol. The normalized spacial score (nSPS) is 13.2. The second kappa shape index (κ2) is 11.7. The van der Waals surface area contributed by atoms with Crippen LogP contribution in [0.5, 0.6) is 17.2 Å². The smallest absolute Gasteiger partial charge is 0.197 e. The van der Waals surface area contributed by atoms with Gasteiger partial charge in [0, 0.05) is 42.4 Å². The molecule has 0 fully saturated rings. The summed E-state index contributed by atoms with van der Waals surface area (Å²) < 4.78 is 16.4. The van der Waals surface area contributed by atoms with Crippen LogP contribution in [0.15, 0.2) is 77.6 Å². The summed E-state index contributed by atoms with van der Waals surface area (Å²) in [5.74, 6) is 2.08. The van der Waals surface area contributed by atoms with E-state index in [4.69, 9.17) is 14.2 Å². The molecule has 1 aliphatic heterocycles. The molecule has 6 rings (SSSR count). The molecule has 4 aromatic carbocycles. The first-order valence-electron chi connectivity index (χ1n) is 14.2. The first-order valence-corrected chi connectivity index (χ1v) is 14.2. The lowest BCUT2D eigenvalue weighted by Gasteiger charge is -2.29. The third kappa shape index (κ3) is 5.23. The number of methoxy groups -OCH3 is 3. The molecule has 0 spiro atoms. The van der Waals surface area contributed by atoms with Crippen molar-refractivity contribution in [1.29, 1.82) is 0 Å². The Labute approximate surface area is 244 Å². The van der Waals surface area contributed by atoms with E-state index in [9.17, 15) is 9.59 Å². The summed E-state index contributed by atoms with van der Waals surface area (Å²) >= 11 is 0. The van der Waals surface area contributed by atoms with E-state index in [-0.39, 0.29) is 17.6 Å². The van der Waals surface area contributed by atoms with Gasteiger partial charge in [0.2, 0.25) is 0 Å². The number of nitrogens with zero attached hydrogens (tertiary/aromatic N) is 1. The van der Waals surface area contributed by atoms with E-state index >= 15 is 0 Å². The summed E-state index contributed by atoms with van der Waals surface area (Å²) in [5, 5.41) is 1.03. The number of hydrogen-bond acceptors (Lipinski definition) is 6. The molecule has 5 aromatic rings. The van der Waals surface area contributed by atoms with Crippen LogP contribution >= 0.6 is 0 Å². The third-order valence-corrected chi connectivity index (χ3v) is 8.25. The number of H-pyrrole nitrogens is 1. The molecule has 7 heteroatoms. The zero-order valence-electron chi connectivity index (χ0n) is 24.2. The number of benzene rings is 4. The van der Waals surface area contributed by atoms with Crippen molar-refractivity contribution in [3.63, 3.8) is 0 Å². The van der Waals surface area contributed by atoms with E-state index < -0.39 is 0 Å². The number of hydrogen-bond donors (Lipinski definition) is 1. The Morgan fingerprint density at radius 1 is 0.786 bits per heavy atom. The standard InChI is InChI=1S/C35H34N2O5/c1-40-30-9-5-8-28-34(30)36-33-26(6-4-7-27(33)35(28)39)29(38)18-23-12-10-22(11-13-23)14-16-37-17-15-24-19-31(41-2)32(42-3)20-25(24)21-37/h4-13,19-20H,14-18,21H2,1-3H3,(H,36,39). The Morgan fingerprint density at radius 2 is 1.43 bits per heavy atom. The Kier molecular flexibility index (Phi) is 7.68. The first-order chi connectivity index (χ1) is 20.5. The third-order valence-electron chi connectivity index (χ3n) is 8.25. The summed E-state index contributed by atoms with van der Waals surface area (Å²) in [7, 11) is 4.91. The van der Waals surface area contributed by atoms with Crippen LogP contribution < -0.4 is 19.6 Å². The number of ether oxygens (including phenoxy) is 3. The predicted molar refractivity (Wildman–Crippen MR) is 165 cm³/mol. The largest absolute Gasteiger partial charge is 0.495 e. The van der Waals surface area contributed by atoms with Crippen molar-refractivity contribution in [3.8, 4) is 17.2 Å². The average Bonchev–Trinajstić information content (AvgIpc) is 3.03. The van der Waals surface area contributed by atoms with Crippen molar-refractivity contribution in [2.75, 3.05) is 34.4 Å². The second-order valence-electron chi connectivity index (χ2n) is 10.7. The zero-order chi connectivity index (χ0) is 29.2. The van der Waals surface area contributed by atoms with Gasteiger partial charge in [-0.2, -0.15) is 0 Å².